The number of rotatable bonds is 7. The number of thioether (sulfide) groups is 1. The highest BCUT2D eigenvalue weighted by Gasteiger charge is 2.32. The Bertz CT molecular complexity index is 1260. The van der Waals surface area contributed by atoms with Gasteiger partial charge in [-0.05, 0) is 25.8 Å². The van der Waals surface area contributed by atoms with E-state index in [4.69, 9.17) is 0 Å². The summed E-state index contributed by atoms with van der Waals surface area (Å²) in [6, 6.07) is 9.90. The number of hydrogen-bond donors (Lipinski definition) is 1. The van der Waals surface area contributed by atoms with Crippen LogP contribution in [-0.4, -0.2) is 35.2 Å². The van der Waals surface area contributed by atoms with Gasteiger partial charge in [-0.25, -0.2) is 19.9 Å². The molecule has 0 bridgehead atoms. The minimum atomic E-state index is -0.907. The van der Waals surface area contributed by atoms with E-state index < -0.39 is 4.75 Å². The molecule has 0 aliphatic rings. The number of nitrogens with zero attached hydrogens (tertiary/aromatic N) is 5. The average Bonchev–Trinajstić information content (AvgIpc) is 3.27. The van der Waals surface area contributed by atoms with Crippen LogP contribution < -0.4 is 10.9 Å². The minimum absolute atomic E-state index is 0.213. The minimum Gasteiger partial charge on any atom is -0.301 e. The van der Waals surface area contributed by atoms with E-state index in [1.165, 1.54) is 35.5 Å². The summed E-state index contributed by atoms with van der Waals surface area (Å²) in [7, 11) is 0. The van der Waals surface area contributed by atoms with E-state index in [2.05, 4.69) is 25.3 Å². The standard InChI is InChI=1S/C21H20N6O2S2/c1-21(2,18(29)26-19-24-11-13-30-19)31-20-25-16-15(22-9-10-23-16)17(28)27(20)12-8-14-6-4-3-5-7-14/h3-7,9-11,13H,8,12H2,1-2H3,(H,24,26,29). The summed E-state index contributed by atoms with van der Waals surface area (Å²) in [5.41, 5.74) is 1.31. The first kappa shape index (κ1) is 21.1. The zero-order chi connectivity index (χ0) is 21.8. The molecule has 0 spiro atoms. The molecule has 1 aromatic carbocycles. The lowest BCUT2D eigenvalue weighted by molar-refractivity contribution is -0.117. The Kier molecular flexibility index (Phi) is 6.10. The monoisotopic (exact) mass is 452 g/mol. The number of hydrogen-bond acceptors (Lipinski definition) is 8. The first-order valence-electron chi connectivity index (χ1n) is 9.59. The molecule has 4 aromatic rings. The van der Waals surface area contributed by atoms with E-state index in [9.17, 15) is 9.59 Å². The molecule has 158 valence electrons. The second-order valence-corrected chi connectivity index (χ2v) is 9.70. The number of thiazole rings is 1. The van der Waals surface area contributed by atoms with Gasteiger partial charge in [0, 0.05) is 30.5 Å². The Morgan fingerprint density at radius 3 is 2.65 bits per heavy atom. The van der Waals surface area contributed by atoms with E-state index in [-0.39, 0.29) is 22.6 Å². The molecule has 0 saturated heterocycles. The number of nitrogens with one attached hydrogen (secondary N) is 1. The van der Waals surface area contributed by atoms with Crippen LogP contribution >= 0.6 is 23.1 Å². The molecule has 3 aromatic heterocycles. The number of carbonyl (C=O) groups excluding carboxylic acids is 1. The third kappa shape index (κ3) is 4.80. The molecule has 0 aliphatic heterocycles. The molecular weight excluding hydrogens is 432 g/mol. The fourth-order valence-corrected chi connectivity index (χ4v) is 4.44. The normalized spacial score (nSPS) is 11.5. The van der Waals surface area contributed by atoms with Crippen LogP contribution in [0.4, 0.5) is 5.13 Å². The summed E-state index contributed by atoms with van der Waals surface area (Å²) in [5.74, 6) is -0.226. The fraction of sp³-hybridized carbons (Fsp3) is 0.238. The molecule has 0 aliphatic carbocycles. The van der Waals surface area contributed by atoms with E-state index in [0.717, 1.165) is 5.56 Å². The van der Waals surface area contributed by atoms with Crippen LogP contribution in [0.5, 0.6) is 0 Å². The molecule has 8 nitrogen and oxygen atoms in total. The van der Waals surface area contributed by atoms with E-state index in [0.29, 0.717) is 23.3 Å². The van der Waals surface area contributed by atoms with Gasteiger partial charge in [0.1, 0.15) is 0 Å². The lowest BCUT2D eigenvalue weighted by atomic mass is 10.1. The van der Waals surface area contributed by atoms with Crippen molar-refractivity contribution in [2.24, 2.45) is 0 Å². The zero-order valence-corrected chi connectivity index (χ0v) is 18.6. The van der Waals surface area contributed by atoms with Gasteiger partial charge >= 0.3 is 0 Å². The Labute approximate surface area is 186 Å². The van der Waals surface area contributed by atoms with Gasteiger partial charge in [0.25, 0.3) is 5.56 Å². The first-order chi connectivity index (χ1) is 14.9. The van der Waals surface area contributed by atoms with Crippen molar-refractivity contribution in [3.63, 3.8) is 0 Å². The number of benzene rings is 1. The Morgan fingerprint density at radius 2 is 1.90 bits per heavy atom. The highest BCUT2D eigenvalue weighted by atomic mass is 32.2. The summed E-state index contributed by atoms with van der Waals surface area (Å²) in [5, 5.41) is 5.56. The number of aryl methyl sites for hydroxylation is 1. The molecule has 0 unspecified atom stereocenters. The van der Waals surface area contributed by atoms with Crippen LogP contribution in [-0.2, 0) is 17.8 Å². The number of amides is 1. The average molecular weight is 453 g/mol. The molecule has 0 atom stereocenters. The Hall–Kier alpha value is -3.11. The maximum atomic E-state index is 13.2. The second kappa shape index (κ2) is 8.94. The van der Waals surface area contributed by atoms with Gasteiger partial charge in [-0.1, -0.05) is 42.1 Å². The van der Waals surface area contributed by atoms with Crippen LogP contribution in [0.25, 0.3) is 11.2 Å². The van der Waals surface area contributed by atoms with Crippen molar-refractivity contribution < 1.29 is 4.79 Å². The third-order valence-electron chi connectivity index (χ3n) is 4.57. The Balaban J connectivity index is 1.67. The molecule has 0 saturated carbocycles. The van der Waals surface area contributed by atoms with Crippen molar-refractivity contribution in [3.05, 3.63) is 70.2 Å². The van der Waals surface area contributed by atoms with Gasteiger partial charge in [0.05, 0.1) is 4.75 Å². The van der Waals surface area contributed by atoms with Crippen LogP contribution in [0.15, 0.2) is 64.3 Å². The highest BCUT2D eigenvalue weighted by Crippen LogP contribution is 2.32. The summed E-state index contributed by atoms with van der Waals surface area (Å²) < 4.78 is 0.669. The predicted octanol–water partition coefficient (Wildman–Crippen LogP) is 3.40. The Morgan fingerprint density at radius 1 is 1.13 bits per heavy atom. The first-order valence-corrected chi connectivity index (χ1v) is 11.3. The van der Waals surface area contributed by atoms with Gasteiger partial charge in [0.2, 0.25) is 5.91 Å². The second-order valence-electron chi connectivity index (χ2n) is 7.22. The van der Waals surface area contributed by atoms with Gasteiger partial charge in [-0.2, -0.15) is 0 Å². The summed E-state index contributed by atoms with van der Waals surface area (Å²) in [6.07, 6.45) is 5.25. The molecule has 3 heterocycles. The smallest absolute Gasteiger partial charge is 0.282 e. The maximum Gasteiger partial charge on any atom is 0.282 e. The largest absolute Gasteiger partial charge is 0.301 e. The predicted molar refractivity (Wildman–Crippen MR) is 122 cm³/mol. The van der Waals surface area contributed by atoms with Gasteiger partial charge in [-0.15, -0.1) is 11.3 Å². The van der Waals surface area contributed by atoms with Crippen molar-refractivity contribution >= 4 is 45.3 Å². The molecule has 1 amide bonds. The van der Waals surface area contributed by atoms with Crippen molar-refractivity contribution in [1.82, 2.24) is 24.5 Å². The summed E-state index contributed by atoms with van der Waals surface area (Å²) in [6.45, 7) is 3.99. The van der Waals surface area contributed by atoms with Gasteiger partial charge < -0.3 is 5.32 Å². The van der Waals surface area contributed by atoms with Gasteiger partial charge in [-0.3, -0.25) is 14.2 Å². The molecule has 31 heavy (non-hydrogen) atoms. The quantitative estimate of drug-likeness (QED) is 0.339. The number of carbonyl (C=O) groups is 1. The van der Waals surface area contributed by atoms with Crippen LogP contribution in [0, 0.1) is 0 Å². The molecule has 0 fully saturated rings. The molecular formula is C21H20N6O2S2. The summed E-state index contributed by atoms with van der Waals surface area (Å²) >= 11 is 2.56. The molecule has 10 heteroatoms. The van der Waals surface area contributed by atoms with E-state index >= 15 is 0 Å². The molecule has 0 radical (unpaired) electrons. The molecule has 4 rings (SSSR count). The topological polar surface area (TPSA) is 103 Å². The fourth-order valence-electron chi connectivity index (χ4n) is 2.90. The molecule has 1 N–H and O–H groups in total. The van der Waals surface area contributed by atoms with Gasteiger partial charge in [0.15, 0.2) is 21.5 Å². The third-order valence-corrected chi connectivity index (χ3v) is 6.45. The van der Waals surface area contributed by atoms with Crippen molar-refractivity contribution in [1.29, 1.82) is 0 Å². The lowest BCUT2D eigenvalue weighted by Gasteiger charge is -2.23. The van der Waals surface area contributed by atoms with E-state index in [1.54, 1.807) is 30.0 Å². The van der Waals surface area contributed by atoms with Crippen LogP contribution in [0.2, 0.25) is 0 Å². The SMILES string of the molecule is CC(C)(Sc1nc2nccnc2c(=O)n1CCc1ccccc1)C(=O)Nc1nccs1. The van der Waals surface area contributed by atoms with Crippen LogP contribution in [0.1, 0.15) is 19.4 Å². The highest BCUT2D eigenvalue weighted by molar-refractivity contribution is 8.01. The zero-order valence-electron chi connectivity index (χ0n) is 17.0. The maximum absolute atomic E-state index is 13.2. The lowest BCUT2D eigenvalue weighted by Crippen LogP contribution is -2.35. The van der Waals surface area contributed by atoms with Crippen molar-refractivity contribution in [2.45, 2.75) is 36.7 Å². The van der Waals surface area contributed by atoms with Crippen molar-refractivity contribution in [2.75, 3.05) is 5.32 Å². The van der Waals surface area contributed by atoms with Crippen LogP contribution in [0.3, 0.4) is 0 Å². The summed E-state index contributed by atoms with van der Waals surface area (Å²) in [4.78, 5) is 43.1. The van der Waals surface area contributed by atoms with Crippen molar-refractivity contribution in [3.8, 4) is 0 Å². The number of aromatic nitrogens is 5. The number of fused-ring (bicyclic) bond motifs is 1. The van der Waals surface area contributed by atoms with E-state index in [1.807, 2.05) is 30.3 Å². The number of anilines is 1.